The van der Waals surface area contributed by atoms with Gasteiger partial charge in [0.15, 0.2) is 0 Å². The van der Waals surface area contributed by atoms with E-state index in [1.165, 1.54) is 0 Å². The number of benzene rings is 3. The third-order valence-corrected chi connectivity index (χ3v) is 4.91. The second-order valence-corrected chi connectivity index (χ2v) is 7.25. The van der Waals surface area contributed by atoms with Gasteiger partial charge in [-0.1, -0.05) is 91.0 Å². The summed E-state index contributed by atoms with van der Waals surface area (Å²) in [6.45, 7) is 0.261. The first-order valence-electron chi connectivity index (χ1n) is 10.5. The molecule has 6 heteroatoms. The maximum absolute atomic E-state index is 12.8. The molecule has 0 aliphatic carbocycles. The predicted molar refractivity (Wildman–Crippen MR) is 121 cm³/mol. The Morgan fingerprint density at radius 3 is 1.78 bits per heavy atom. The lowest BCUT2D eigenvalue weighted by molar-refractivity contribution is -0.145. The summed E-state index contributed by atoms with van der Waals surface area (Å²) in [4.78, 5) is 36.8. The molecule has 0 heterocycles. The summed E-state index contributed by atoms with van der Waals surface area (Å²) in [6, 6.07) is 28.4. The van der Waals surface area contributed by atoms with Crippen molar-refractivity contribution in [1.82, 2.24) is 10.9 Å². The van der Waals surface area contributed by atoms with Crippen molar-refractivity contribution in [2.45, 2.75) is 25.2 Å². The predicted octanol–water partition coefficient (Wildman–Crippen LogP) is 3.53. The topological polar surface area (TPSA) is 84.5 Å². The van der Waals surface area contributed by atoms with Crippen LogP contribution >= 0.6 is 0 Å². The van der Waals surface area contributed by atoms with E-state index >= 15 is 0 Å². The molecule has 6 nitrogen and oxygen atoms in total. The fraction of sp³-hybridized carbons (Fsp3) is 0.192. The van der Waals surface area contributed by atoms with Crippen molar-refractivity contribution in [3.05, 3.63) is 108 Å². The van der Waals surface area contributed by atoms with E-state index in [1.54, 1.807) is 0 Å². The third kappa shape index (κ3) is 7.09. The molecule has 0 aromatic heterocycles. The Hall–Kier alpha value is -3.93. The number of hydrogen-bond acceptors (Lipinski definition) is 4. The number of ether oxygens (including phenoxy) is 1. The standard InChI is InChI=1S/C26H26N2O4/c29-23(16-17-24(30)32-19-18-20-10-4-1-5-11-20)27-28-26(31)25(21-12-6-2-7-13-21)22-14-8-3-9-15-22/h1-15,25H,16-19H2,(H,27,29)(H,28,31). The monoisotopic (exact) mass is 430 g/mol. The van der Waals surface area contributed by atoms with Crippen LogP contribution in [0, 0.1) is 0 Å². The van der Waals surface area contributed by atoms with Crippen LogP contribution in [0.15, 0.2) is 91.0 Å². The highest BCUT2D eigenvalue weighted by Crippen LogP contribution is 2.24. The Morgan fingerprint density at radius 2 is 1.22 bits per heavy atom. The first-order valence-corrected chi connectivity index (χ1v) is 10.5. The zero-order valence-corrected chi connectivity index (χ0v) is 17.7. The van der Waals surface area contributed by atoms with Crippen LogP contribution in [-0.2, 0) is 25.5 Å². The second kappa shape index (κ2) is 12.1. The molecule has 0 atom stereocenters. The van der Waals surface area contributed by atoms with Crippen LogP contribution in [0.5, 0.6) is 0 Å². The number of hydrogen-bond donors (Lipinski definition) is 2. The highest BCUT2D eigenvalue weighted by Gasteiger charge is 2.23. The fourth-order valence-electron chi connectivity index (χ4n) is 3.27. The van der Waals surface area contributed by atoms with Gasteiger partial charge in [-0.15, -0.1) is 0 Å². The van der Waals surface area contributed by atoms with Gasteiger partial charge in [0.1, 0.15) is 0 Å². The first kappa shape index (κ1) is 22.7. The van der Waals surface area contributed by atoms with Gasteiger partial charge in [-0.3, -0.25) is 25.2 Å². The largest absolute Gasteiger partial charge is 0.465 e. The van der Waals surface area contributed by atoms with Gasteiger partial charge in [-0.2, -0.15) is 0 Å². The molecule has 3 aromatic rings. The summed E-state index contributed by atoms with van der Waals surface area (Å²) in [5, 5.41) is 0. The van der Waals surface area contributed by atoms with Gasteiger partial charge < -0.3 is 4.74 Å². The molecule has 0 aliphatic heterocycles. The second-order valence-electron chi connectivity index (χ2n) is 7.25. The van der Waals surface area contributed by atoms with Gasteiger partial charge in [0.25, 0.3) is 0 Å². The minimum absolute atomic E-state index is 0.0582. The van der Waals surface area contributed by atoms with Crippen molar-refractivity contribution in [3.63, 3.8) is 0 Å². The molecule has 0 saturated heterocycles. The van der Waals surface area contributed by atoms with Crippen LogP contribution in [0.3, 0.4) is 0 Å². The van der Waals surface area contributed by atoms with E-state index in [1.807, 2.05) is 91.0 Å². The van der Waals surface area contributed by atoms with E-state index in [9.17, 15) is 14.4 Å². The van der Waals surface area contributed by atoms with Crippen LogP contribution < -0.4 is 10.9 Å². The van der Waals surface area contributed by atoms with E-state index < -0.39 is 17.8 Å². The van der Waals surface area contributed by atoms with Crippen molar-refractivity contribution in [1.29, 1.82) is 0 Å². The van der Waals surface area contributed by atoms with Gasteiger partial charge in [-0.05, 0) is 16.7 Å². The Balaban J connectivity index is 1.44. The number of hydrazine groups is 1. The highest BCUT2D eigenvalue weighted by atomic mass is 16.5. The van der Waals surface area contributed by atoms with E-state index in [0.717, 1.165) is 16.7 Å². The molecule has 0 bridgehead atoms. The molecule has 0 spiro atoms. The lowest BCUT2D eigenvalue weighted by Gasteiger charge is -2.18. The number of esters is 1. The Morgan fingerprint density at radius 1 is 0.688 bits per heavy atom. The zero-order valence-electron chi connectivity index (χ0n) is 17.7. The Bertz CT molecular complexity index is 968. The van der Waals surface area contributed by atoms with E-state index in [-0.39, 0.29) is 25.4 Å². The van der Waals surface area contributed by atoms with Gasteiger partial charge in [0.2, 0.25) is 11.8 Å². The van der Waals surface area contributed by atoms with Gasteiger partial charge in [0.05, 0.1) is 18.9 Å². The molecule has 0 saturated carbocycles. The van der Waals surface area contributed by atoms with Gasteiger partial charge >= 0.3 is 5.97 Å². The van der Waals surface area contributed by atoms with Crippen molar-refractivity contribution >= 4 is 17.8 Å². The molecular weight excluding hydrogens is 404 g/mol. The summed E-state index contributed by atoms with van der Waals surface area (Å²) in [6.07, 6.45) is 0.484. The Kier molecular flexibility index (Phi) is 8.57. The minimum Gasteiger partial charge on any atom is -0.465 e. The lowest BCUT2D eigenvalue weighted by Crippen LogP contribution is -2.44. The van der Waals surface area contributed by atoms with Gasteiger partial charge in [0, 0.05) is 12.8 Å². The number of nitrogens with one attached hydrogen (secondary N) is 2. The van der Waals surface area contributed by atoms with Crippen molar-refractivity contribution < 1.29 is 19.1 Å². The average molecular weight is 431 g/mol. The molecule has 32 heavy (non-hydrogen) atoms. The number of amides is 2. The summed E-state index contributed by atoms with van der Waals surface area (Å²) >= 11 is 0. The molecule has 2 amide bonds. The number of rotatable bonds is 9. The van der Waals surface area contributed by atoms with Crippen LogP contribution in [0.4, 0.5) is 0 Å². The average Bonchev–Trinajstić information content (AvgIpc) is 2.83. The molecule has 3 rings (SSSR count). The first-order chi connectivity index (χ1) is 15.6. The maximum Gasteiger partial charge on any atom is 0.306 e. The summed E-state index contributed by atoms with van der Waals surface area (Å²) in [5.41, 5.74) is 7.57. The summed E-state index contributed by atoms with van der Waals surface area (Å²) < 4.78 is 5.17. The summed E-state index contributed by atoms with van der Waals surface area (Å²) in [7, 11) is 0. The van der Waals surface area contributed by atoms with Crippen LogP contribution in [-0.4, -0.2) is 24.4 Å². The fourth-order valence-corrected chi connectivity index (χ4v) is 3.27. The van der Waals surface area contributed by atoms with Crippen LogP contribution in [0.1, 0.15) is 35.4 Å². The third-order valence-electron chi connectivity index (χ3n) is 4.91. The SMILES string of the molecule is O=C(CCC(=O)OCCc1ccccc1)NNC(=O)C(c1ccccc1)c1ccccc1. The highest BCUT2D eigenvalue weighted by molar-refractivity contribution is 5.89. The quantitative estimate of drug-likeness (QED) is 0.402. The lowest BCUT2D eigenvalue weighted by atomic mass is 9.91. The normalized spacial score (nSPS) is 10.4. The molecule has 0 aliphatic rings. The smallest absolute Gasteiger partial charge is 0.306 e. The zero-order chi connectivity index (χ0) is 22.6. The van der Waals surface area contributed by atoms with Gasteiger partial charge in [-0.25, -0.2) is 0 Å². The molecule has 3 aromatic carbocycles. The van der Waals surface area contributed by atoms with Crippen molar-refractivity contribution in [2.24, 2.45) is 0 Å². The minimum atomic E-state index is -0.569. The van der Waals surface area contributed by atoms with E-state index in [0.29, 0.717) is 6.42 Å². The van der Waals surface area contributed by atoms with Crippen LogP contribution in [0.25, 0.3) is 0 Å². The van der Waals surface area contributed by atoms with Crippen LogP contribution in [0.2, 0.25) is 0 Å². The molecule has 2 N–H and O–H groups in total. The Labute approximate surface area is 187 Å². The molecule has 164 valence electrons. The molecule has 0 fully saturated rings. The number of carbonyl (C=O) groups is 3. The molecule has 0 unspecified atom stereocenters. The van der Waals surface area contributed by atoms with E-state index in [2.05, 4.69) is 10.9 Å². The van der Waals surface area contributed by atoms with Crippen molar-refractivity contribution in [2.75, 3.05) is 6.61 Å². The number of carbonyl (C=O) groups excluding carboxylic acids is 3. The maximum atomic E-state index is 12.8. The van der Waals surface area contributed by atoms with E-state index in [4.69, 9.17) is 4.74 Å². The molecule has 0 radical (unpaired) electrons. The molecular formula is C26H26N2O4. The van der Waals surface area contributed by atoms with Crippen molar-refractivity contribution in [3.8, 4) is 0 Å². The summed E-state index contributed by atoms with van der Waals surface area (Å²) in [5.74, 6) is -1.84.